The van der Waals surface area contributed by atoms with Crippen molar-refractivity contribution in [1.29, 1.82) is 0 Å². The van der Waals surface area contributed by atoms with Gasteiger partial charge in [0.2, 0.25) is 0 Å². The van der Waals surface area contributed by atoms with Gasteiger partial charge in [-0.2, -0.15) is 0 Å². The van der Waals surface area contributed by atoms with Crippen LogP contribution in [0.3, 0.4) is 0 Å². The van der Waals surface area contributed by atoms with E-state index in [9.17, 15) is 0 Å². The van der Waals surface area contributed by atoms with E-state index in [0.717, 1.165) is 17.0 Å². The smallest absolute Gasteiger partial charge is 0.0411 e. The molecule has 3 aromatic rings. The van der Waals surface area contributed by atoms with E-state index in [4.69, 9.17) is 11.6 Å². The fourth-order valence-corrected chi connectivity index (χ4v) is 3.86. The lowest BCUT2D eigenvalue weighted by atomic mass is 9.85. The van der Waals surface area contributed by atoms with E-state index in [1.54, 1.807) is 0 Å². The van der Waals surface area contributed by atoms with Crippen LogP contribution in [0, 0.1) is 5.92 Å². The number of halogens is 1. The Balaban J connectivity index is 1.68. The predicted molar refractivity (Wildman–Crippen MR) is 102 cm³/mol. The van der Waals surface area contributed by atoms with Crippen LogP contribution in [0.4, 0.5) is 0 Å². The minimum absolute atomic E-state index is 0.109. The van der Waals surface area contributed by atoms with E-state index >= 15 is 0 Å². The third kappa shape index (κ3) is 2.79. The zero-order valence-corrected chi connectivity index (χ0v) is 14.2. The summed E-state index contributed by atoms with van der Waals surface area (Å²) >= 11 is 6.09. The molecule has 0 heterocycles. The predicted octanol–water partition coefficient (Wildman–Crippen LogP) is 6.36. The summed E-state index contributed by atoms with van der Waals surface area (Å²) in [6, 6.07) is 29.7. The van der Waals surface area contributed by atoms with Crippen molar-refractivity contribution in [2.75, 3.05) is 0 Å². The molecule has 1 unspecified atom stereocenters. The standard InChI is InChI=1S/C23H19Cl/c24-22-13-7-8-18(16-22)14-15-21-17-23(21,19-9-3-1-4-10-19)20-11-5-2-6-12-20/h1-16,21H,17H2/b15-14+. The molecule has 0 spiro atoms. The van der Waals surface area contributed by atoms with Gasteiger partial charge < -0.3 is 0 Å². The maximum absolute atomic E-state index is 6.09. The Bertz CT molecular complexity index is 810. The highest BCUT2D eigenvalue weighted by Gasteiger charge is 2.54. The zero-order chi connectivity index (χ0) is 16.4. The average Bonchev–Trinajstić information content (AvgIpc) is 3.37. The summed E-state index contributed by atoms with van der Waals surface area (Å²) in [5.74, 6) is 0.515. The van der Waals surface area contributed by atoms with Crippen molar-refractivity contribution in [2.24, 2.45) is 5.92 Å². The molecule has 0 aliphatic heterocycles. The summed E-state index contributed by atoms with van der Waals surface area (Å²) in [6.45, 7) is 0. The first-order valence-electron chi connectivity index (χ1n) is 8.34. The fourth-order valence-electron chi connectivity index (χ4n) is 3.66. The van der Waals surface area contributed by atoms with E-state index in [2.05, 4.69) is 78.9 Å². The van der Waals surface area contributed by atoms with Crippen molar-refractivity contribution in [3.63, 3.8) is 0 Å². The normalized spacial score (nSPS) is 18.6. The lowest BCUT2D eigenvalue weighted by Crippen LogP contribution is -2.11. The monoisotopic (exact) mass is 330 g/mol. The fraction of sp³-hybridized carbons (Fsp3) is 0.130. The van der Waals surface area contributed by atoms with E-state index in [1.165, 1.54) is 11.1 Å². The van der Waals surface area contributed by atoms with Gasteiger partial charge in [0.05, 0.1) is 0 Å². The van der Waals surface area contributed by atoms with E-state index in [1.807, 2.05) is 18.2 Å². The third-order valence-corrected chi connectivity index (χ3v) is 5.20. The van der Waals surface area contributed by atoms with Crippen LogP contribution in [0.2, 0.25) is 5.02 Å². The van der Waals surface area contributed by atoms with Crippen molar-refractivity contribution in [3.8, 4) is 0 Å². The molecule has 1 heteroatoms. The molecule has 0 N–H and O–H groups in total. The summed E-state index contributed by atoms with van der Waals surface area (Å²) in [6.07, 6.45) is 5.69. The van der Waals surface area contributed by atoms with Crippen molar-refractivity contribution in [2.45, 2.75) is 11.8 Å². The molecule has 1 atom stereocenters. The molecule has 4 rings (SSSR count). The van der Waals surface area contributed by atoms with Crippen molar-refractivity contribution < 1.29 is 0 Å². The van der Waals surface area contributed by atoms with Gasteiger partial charge >= 0.3 is 0 Å². The van der Waals surface area contributed by atoms with Crippen molar-refractivity contribution >= 4 is 17.7 Å². The minimum atomic E-state index is 0.109. The van der Waals surface area contributed by atoms with Crippen molar-refractivity contribution in [3.05, 3.63) is 113 Å². The van der Waals surface area contributed by atoms with Gasteiger partial charge in [0, 0.05) is 10.4 Å². The van der Waals surface area contributed by atoms with Gasteiger partial charge in [0.15, 0.2) is 0 Å². The highest BCUT2D eigenvalue weighted by Crippen LogP contribution is 2.59. The number of hydrogen-bond donors (Lipinski definition) is 0. The molecule has 0 amide bonds. The summed E-state index contributed by atoms with van der Waals surface area (Å²) in [5.41, 5.74) is 4.07. The first-order valence-corrected chi connectivity index (χ1v) is 8.72. The van der Waals surface area contributed by atoms with Gasteiger partial charge in [-0.05, 0) is 41.2 Å². The Kier molecular flexibility index (Phi) is 4.00. The molecule has 3 aromatic carbocycles. The quantitative estimate of drug-likeness (QED) is 0.522. The maximum atomic E-state index is 6.09. The van der Waals surface area contributed by atoms with Crippen molar-refractivity contribution in [1.82, 2.24) is 0 Å². The molecule has 1 fully saturated rings. The summed E-state index contributed by atoms with van der Waals surface area (Å²) in [4.78, 5) is 0. The van der Waals surface area contributed by atoms with E-state index < -0.39 is 0 Å². The Morgan fingerprint density at radius 3 is 2.00 bits per heavy atom. The second kappa shape index (κ2) is 6.30. The van der Waals surface area contributed by atoms with Crippen LogP contribution in [-0.4, -0.2) is 0 Å². The number of allylic oxidation sites excluding steroid dienone is 1. The van der Waals surface area contributed by atoms with E-state index in [0.29, 0.717) is 5.92 Å². The average molecular weight is 331 g/mol. The SMILES string of the molecule is Clc1cccc(/C=C/C2CC2(c2ccccc2)c2ccccc2)c1. The number of hydrogen-bond acceptors (Lipinski definition) is 0. The second-order valence-electron chi connectivity index (χ2n) is 6.43. The van der Waals surface area contributed by atoms with E-state index in [-0.39, 0.29) is 5.41 Å². The topological polar surface area (TPSA) is 0 Å². The first-order chi connectivity index (χ1) is 11.8. The summed E-state index contributed by atoms with van der Waals surface area (Å²) in [5, 5.41) is 0.783. The molecule has 1 aliphatic rings. The van der Waals surface area contributed by atoms with Gasteiger partial charge in [-0.25, -0.2) is 0 Å². The van der Waals surface area contributed by atoms with Crippen LogP contribution in [-0.2, 0) is 5.41 Å². The third-order valence-electron chi connectivity index (χ3n) is 4.96. The molecule has 0 radical (unpaired) electrons. The van der Waals surface area contributed by atoms with Crippen LogP contribution in [0.1, 0.15) is 23.1 Å². The zero-order valence-electron chi connectivity index (χ0n) is 13.4. The van der Waals surface area contributed by atoms with Gasteiger partial charge in [-0.3, -0.25) is 0 Å². The second-order valence-corrected chi connectivity index (χ2v) is 6.86. The molecule has 24 heavy (non-hydrogen) atoms. The van der Waals surface area contributed by atoms with Gasteiger partial charge in [-0.15, -0.1) is 0 Å². The Hall–Kier alpha value is -2.31. The molecule has 0 bridgehead atoms. The lowest BCUT2D eigenvalue weighted by Gasteiger charge is -2.18. The highest BCUT2D eigenvalue weighted by atomic mass is 35.5. The summed E-state index contributed by atoms with van der Waals surface area (Å²) < 4.78 is 0. The first kappa shape index (κ1) is 15.2. The number of benzene rings is 3. The van der Waals surface area contributed by atoms with Crippen LogP contribution < -0.4 is 0 Å². The largest absolute Gasteiger partial charge is 0.0843 e. The lowest BCUT2D eigenvalue weighted by molar-refractivity contribution is 0.791. The van der Waals surface area contributed by atoms with Crippen LogP contribution in [0.5, 0.6) is 0 Å². The maximum Gasteiger partial charge on any atom is 0.0411 e. The summed E-state index contributed by atoms with van der Waals surface area (Å²) in [7, 11) is 0. The molecule has 1 aliphatic carbocycles. The highest BCUT2D eigenvalue weighted by molar-refractivity contribution is 6.30. The molecular weight excluding hydrogens is 312 g/mol. The Labute approximate surface area is 148 Å². The van der Waals surface area contributed by atoms with Gasteiger partial charge in [-0.1, -0.05) is 96.5 Å². The van der Waals surface area contributed by atoms with Gasteiger partial charge in [0.25, 0.3) is 0 Å². The Morgan fingerprint density at radius 1 is 0.792 bits per heavy atom. The molecular formula is C23H19Cl. The minimum Gasteiger partial charge on any atom is -0.0843 e. The molecule has 0 aromatic heterocycles. The molecule has 0 nitrogen and oxygen atoms in total. The Morgan fingerprint density at radius 2 is 1.42 bits per heavy atom. The molecule has 1 saturated carbocycles. The number of rotatable bonds is 4. The molecule has 0 saturated heterocycles. The van der Waals surface area contributed by atoms with Crippen LogP contribution in [0.25, 0.3) is 6.08 Å². The van der Waals surface area contributed by atoms with Gasteiger partial charge in [0.1, 0.15) is 0 Å². The molecule has 118 valence electrons. The van der Waals surface area contributed by atoms with Crippen LogP contribution >= 0.6 is 11.6 Å². The van der Waals surface area contributed by atoms with Crippen LogP contribution in [0.15, 0.2) is 91.0 Å².